The number of nitrogens with one attached hydrogen (secondary N) is 1. The number of anilines is 2. The summed E-state index contributed by atoms with van der Waals surface area (Å²) in [7, 11) is 0. The summed E-state index contributed by atoms with van der Waals surface area (Å²) in [6.45, 7) is 4.20. The monoisotopic (exact) mass is 428 g/mol. The van der Waals surface area contributed by atoms with Crippen LogP contribution in [0.15, 0.2) is 59.3 Å². The summed E-state index contributed by atoms with van der Waals surface area (Å²) >= 11 is 3.33. The summed E-state index contributed by atoms with van der Waals surface area (Å²) in [4.78, 5) is 19.0. The van der Waals surface area contributed by atoms with Crippen molar-refractivity contribution in [1.82, 2.24) is 9.97 Å². The zero-order valence-corrected chi connectivity index (χ0v) is 16.3. The number of hydrogen-bond acceptors (Lipinski definition) is 6. The number of benzene rings is 2. The third kappa shape index (κ3) is 4.59. The van der Waals surface area contributed by atoms with Gasteiger partial charge in [0, 0.05) is 10.2 Å². The first kappa shape index (κ1) is 18.8. The van der Waals surface area contributed by atoms with Gasteiger partial charge in [-0.05, 0) is 47.9 Å². The predicted octanol–water partition coefficient (Wildman–Crippen LogP) is 5.81. The maximum atomic E-state index is 11.6. The van der Waals surface area contributed by atoms with Gasteiger partial charge in [-0.25, -0.2) is 4.98 Å². The highest BCUT2D eigenvalue weighted by Crippen LogP contribution is 2.35. The molecule has 3 aromatic rings. The first-order chi connectivity index (χ1) is 12.9. The fraction of sp³-hybridized carbons (Fsp3) is 0.158. The lowest BCUT2D eigenvalue weighted by Crippen LogP contribution is -2.03. The summed E-state index contributed by atoms with van der Waals surface area (Å²) in [5.41, 5.74) is 1.54. The highest BCUT2D eigenvalue weighted by Gasteiger charge is 2.25. The molecule has 1 heterocycles. The highest BCUT2D eigenvalue weighted by atomic mass is 79.9. The molecule has 3 rings (SSSR count). The Balaban J connectivity index is 1.91. The average molecular weight is 429 g/mol. The number of rotatable bonds is 6. The second-order valence-corrected chi connectivity index (χ2v) is 7.01. The molecule has 7 nitrogen and oxygen atoms in total. The van der Waals surface area contributed by atoms with E-state index in [9.17, 15) is 10.1 Å². The molecule has 0 saturated heterocycles. The minimum absolute atomic E-state index is 0.0689. The van der Waals surface area contributed by atoms with Gasteiger partial charge in [-0.3, -0.25) is 10.1 Å². The van der Waals surface area contributed by atoms with Crippen molar-refractivity contribution in [3.8, 4) is 11.6 Å². The molecule has 27 heavy (non-hydrogen) atoms. The van der Waals surface area contributed by atoms with Crippen LogP contribution in [0.3, 0.4) is 0 Å². The van der Waals surface area contributed by atoms with Crippen LogP contribution in [0.4, 0.5) is 17.2 Å². The van der Waals surface area contributed by atoms with E-state index in [2.05, 4.69) is 45.1 Å². The number of aromatic nitrogens is 2. The van der Waals surface area contributed by atoms with Crippen LogP contribution in [0.2, 0.25) is 0 Å². The first-order valence-corrected chi connectivity index (χ1v) is 9.03. The van der Waals surface area contributed by atoms with Gasteiger partial charge >= 0.3 is 11.6 Å². The van der Waals surface area contributed by atoms with E-state index in [4.69, 9.17) is 4.74 Å². The Morgan fingerprint density at radius 1 is 1.07 bits per heavy atom. The number of halogens is 1. The van der Waals surface area contributed by atoms with Crippen LogP contribution in [0.1, 0.15) is 25.3 Å². The smallest absolute Gasteiger partial charge is 0.373 e. The Bertz CT molecular complexity index is 944. The molecule has 0 aliphatic rings. The van der Waals surface area contributed by atoms with E-state index in [-0.39, 0.29) is 17.4 Å². The molecule has 0 aliphatic heterocycles. The second-order valence-electron chi connectivity index (χ2n) is 6.09. The third-order valence-electron chi connectivity index (χ3n) is 3.84. The van der Waals surface area contributed by atoms with Crippen molar-refractivity contribution >= 4 is 33.1 Å². The van der Waals surface area contributed by atoms with Crippen LogP contribution >= 0.6 is 15.9 Å². The molecular weight excluding hydrogens is 412 g/mol. The third-order valence-corrected chi connectivity index (χ3v) is 4.37. The van der Waals surface area contributed by atoms with Crippen molar-refractivity contribution in [2.24, 2.45) is 0 Å². The van der Waals surface area contributed by atoms with Gasteiger partial charge in [0.15, 0.2) is 0 Å². The Kier molecular flexibility index (Phi) is 5.66. The Hall–Kier alpha value is -3.00. The minimum atomic E-state index is -0.557. The number of nitrogens with zero attached hydrogens (tertiary/aromatic N) is 3. The highest BCUT2D eigenvalue weighted by molar-refractivity contribution is 9.10. The van der Waals surface area contributed by atoms with Crippen LogP contribution in [-0.4, -0.2) is 14.9 Å². The van der Waals surface area contributed by atoms with E-state index in [0.29, 0.717) is 17.4 Å². The van der Waals surface area contributed by atoms with E-state index in [0.717, 1.165) is 4.47 Å². The molecule has 0 spiro atoms. The lowest BCUT2D eigenvalue weighted by Gasteiger charge is -2.10. The fourth-order valence-corrected chi connectivity index (χ4v) is 2.66. The van der Waals surface area contributed by atoms with E-state index >= 15 is 0 Å². The van der Waals surface area contributed by atoms with Gasteiger partial charge in [-0.2, -0.15) is 4.98 Å². The van der Waals surface area contributed by atoms with Crippen LogP contribution in [0.25, 0.3) is 0 Å². The van der Waals surface area contributed by atoms with Gasteiger partial charge < -0.3 is 10.1 Å². The average Bonchev–Trinajstić information content (AvgIpc) is 2.64. The molecule has 0 atom stereocenters. The minimum Gasteiger partial charge on any atom is -0.434 e. The number of nitro groups is 1. The SMILES string of the molecule is CC(C)c1ccc(Nc2ncnc(Oc3ccc(Br)cc3)c2[N+](=O)[O-])cc1. The van der Waals surface area contributed by atoms with Gasteiger partial charge in [-0.15, -0.1) is 0 Å². The Morgan fingerprint density at radius 3 is 2.33 bits per heavy atom. The van der Waals surface area contributed by atoms with Crippen molar-refractivity contribution in [3.05, 3.63) is 75.0 Å². The Morgan fingerprint density at radius 2 is 1.74 bits per heavy atom. The van der Waals surface area contributed by atoms with E-state index in [1.54, 1.807) is 24.3 Å². The van der Waals surface area contributed by atoms with E-state index in [1.165, 1.54) is 11.9 Å². The lowest BCUT2D eigenvalue weighted by atomic mass is 10.0. The van der Waals surface area contributed by atoms with Crippen molar-refractivity contribution in [3.63, 3.8) is 0 Å². The Labute approximate surface area is 164 Å². The first-order valence-electron chi connectivity index (χ1n) is 8.24. The van der Waals surface area contributed by atoms with Gasteiger partial charge in [0.05, 0.1) is 4.92 Å². The van der Waals surface area contributed by atoms with Crippen LogP contribution in [0, 0.1) is 10.1 Å². The maximum Gasteiger partial charge on any atom is 0.373 e. The van der Waals surface area contributed by atoms with Crippen molar-refractivity contribution < 1.29 is 9.66 Å². The molecule has 1 N–H and O–H groups in total. The van der Waals surface area contributed by atoms with Gasteiger partial charge in [0.25, 0.3) is 0 Å². The molecule has 0 saturated carbocycles. The number of hydrogen-bond donors (Lipinski definition) is 1. The summed E-state index contributed by atoms with van der Waals surface area (Å²) in [6, 6.07) is 14.6. The molecule has 0 amide bonds. The topological polar surface area (TPSA) is 90.2 Å². The molecule has 1 aromatic heterocycles. The standard InChI is InChI=1S/C19H17BrN4O3/c1-12(2)13-3-7-15(8-4-13)23-18-17(24(25)26)19(22-11-21-18)27-16-9-5-14(20)6-10-16/h3-12H,1-2H3,(H,21,22,23). The fourth-order valence-electron chi connectivity index (χ4n) is 2.40. The van der Waals surface area contributed by atoms with Crippen LogP contribution in [0.5, 0.6) is 11.6 Å². The summed E-state index contributed by atoms with van der Waals surface area (Å²) in [5.74, 6) is 0.781. The maximum absolute atomic E-state index is 11.6. The largest absolute Gasteiger partial charge is 0.434 e. The molecule has 8 heteroatoms. The van der Waals surface area contributed by atoms with Crippen LogP contribution in [-0.2, 0) is 0 Å². The molecule has 2 aromatic carbocycles. The molecular formula is C19H17BrN4O3. The van der Waals surface area contributed by atoms with E-state index < -0.39 is 4.92 Å². The van der Waals surface area contributed by atoms with Crippen LogP contribution < -0.4 is 10.1 Å². The van der Waals surface area contributed by atoms with Gasteiger partial charge in [-0.1, -0.05) is 41.9 Å². The quantitative estimate of drug-likeness (QED) is 0.393. The normalized spacial score (nSPS) is 10.7. The van der Waals surface area contributed by atoms with Gasteiger partial charge in [0.2, 0.25) is 5.82 Å². The molecule has 0 radical (unpaired) electrons. The molecule has 0 unspecified atom stereocenters. The molecule has 0 aliphatic carbocycles. The zero-order chi connectivity index (χ0) is 19.4. The molecule has 0 fully saturated rings. The summed E-state index contributed by atoms with van der Waals surface area (Å²) < 4.78 is 6.48. The summed E-state index contributed by atoms with van der Waals surface area (Å²) in [5, 5.41) is 14.6. The predicted molar refractivity (Wildman–Crippen MR) is 107 cm³/mol. The zero-order valence-electron chi connectivity index (χ0n) is 14.7. The molecule has 0 bridgehead atoms. The van der Waals surface area contributed by atoms with Crippen molar-refractivity contribution in [2.75, 3.05) is 5.32 Å². The summed E-state index contributed by atoms with van der Waals surface area (Å²) in [6.07, 6.45) is 1.23. The number of ether oxygens (including phenoxy) is 1. The van der Waals surface area contributed by atoms with Crippen molar-refractivity contribution in [2.45, 2.75) is 19.8 Å². The van der Waals surface area contributed by atoms with Gasteiger partial charge in [0.1, 0.15) is 12.1 Å². The van der Waals surface area contributed by atoms with Crippen molar-refractivity contribution in [1.29, 1.82) is 0 Å². The molecule has 138 valence electrons. The van der Waals surface area contributed by atoms with E-state index in [1.807, 2.05) is 24.3 Å². The second kappa shape index (κ2) is 8.13. The lowest BCUT2D eigenvalue weighted by molar-refractivity contribution is -0.385.